The van der Waals surface area contributed by atoms with E-state index in [1.54, 1.807) is 48.8 Å². The van der Waals surface area contributed by atoms with Crippen molar-refractivity contribution in [2.45, 2.75) is 6.04 Å². The van der Waals surface area contributed by atoms with Gasteiger partial charge in [0, 0.05) is 28.1 Å². The summed E-state index contributed by atoms with van der Waals surface area (Å²) in [5.74, 6) is -1.61. The summed E-state index contributed by atoms with van der Waals surface area (Å²) < 4.78 is 0.777. The van der Waals surface area contributed by atoms with Gasteiger partial charge in [0.15, 0.2) is 0 Å². The molecule has 0 radical (unpaired) electrons. The van der Waals surface area contributed by atoms with Gasteiger partial charge in [-0.15, -0.1) is 0 Å². The lowest BCUT2D eigenvalue weighted by Crippen LogP contribution is -2.29. The maximum Gasteiger partial charge on any atom is 0.300 e. The van der Waals surface area contributed by atoms with Crippen LogP contribution < -0.4 is 4.90 Å². The molecule has 156 valence electrons. The molecule has 0 saturated carbocycles. The van der Waals surface area contributed by atoms with Gasteiger partial charge in [-0.05, 0) is 46.7 Å². The SMILES string of the molecule is O=C1C(=O)N(c2cccc(Br)c2)C(c2ccncc2)/C1=C(/O)c1cccc2ccccc12. The van der Waals surface area contributed by atoms with E-state index in [0.29, 0.717) is 16.8 Å². The standard InChI is InChI=1S/C26H17BrN2O3/c27-18-7-4-8-19(15-18)29-23(17-11-13-28-14-12-17)22(25(31)26(29)32)24(30)21-10-3-6-16-5-1-2-9-20(16)21/h1-15,23,30H/b24-22-. The summed E-state index contributed by atoms with van der Waals surface area (Å²) >= 11 is 3.43. The van der Waals surface area contributed by atoms with E-state index < -0.39 is 17.7 Å². The van der Waals surface area contributed by atoms with Crippen LogP contribution in [0.4, 0.5) is 5.69 Å². The molecule has 1 unspecified atom stereocenters. The molecule has 1 aliphatic rings. The Morgan fingerprint density at radius 1 is 0.906 bits per heavy atom. The first-order chi connectivity index (χ1) is 15.6. The van der Waals surface area contributed by atoms with E-state index >= 15 is 0 Å². The van der Waals surface area contributed by atoms with Crippen LogP contribution in [0.3, 0.4) is 0 Å². The number of aromatic nitrogens is 1. The van der Waals surface area contributed by atoms with Crippen molar-refractivity contribution in [2.24, 2.45) is 0 Å². The molecule has 32 heavy (non-hydrogen) atoms. The number of aliphatic hydroxyl groups excluding tert-OH is 1. The van der Waals surface area contributed by atoms with E-state index in [1.807, 2.05) is 42.5 Å². The second kappa shape index (κ2) is 8.05. The van der Waals surface area contributed by atoms with Crippen LogP contribution in [0.25, 0.3) is 16.5 Å². The number of carbonyl (C=O) groups is 2. The number of carbonyl (C=O) groups excluding carboxylic acids is 2. The van der Waals surface area contributed by atoms with E-state index in [1.165, 1.54) is 4.90 Å². The van der Waals surface area contributed by atoms with Crippen molar-refractivity contribution < 1.29 is 14.7 Å². The number of amides is 1. The Balaban J connectivity index is 1.78. The van der Waals surface area contributed by atoms with Gasteiger partial charge in [0.1, 0.15) is 5.76 Å². The summed E-state index contributed by atoms with van der Waals surface area (Å²) in [6.07, 6.45) is 3.21. The van der Waals surface area contributed by atoms with Crippen LogP contribution in [0.2, 0.25) is 0 Å². The summed E-state index contributed by atoms with van der Waals surface area (Å²) in [5, 5.41) is 13.1. The number of benzene rings is 3. The molecule has 5 rings (SSSR count). The predicted molar refractivity (Wildman–Crippen MR) is 127 cm³/mol. The number of Topliss-reactive ketones (excluding diaryl/α,β-unsaturated/α-hetero) is 1. The van der Waals surface area contributed by atoms with Crippen LogP contribution in [0.15, 0.2) is 101 Å². The fourth-order valence-corrected chi connectivity index (χ4v) is 4.55. The van der Waals surface area contributed by atoms with E-state index in [2.05, 4.69) is 20.9 Å². The molecular formula is C26H17BrN2O3. The highest BCUT2D eigenvalue weighted by Gasteiger charge is 2.47. The Bertz CT molecular complexity index is 1390. The van der Waals surface area contributed by atoms with Crippen molar-refractivity contribution in [3.8, 4) is 0 Å². The molecule has 2 heterocycles. The van der Waals surface area contributed by atoms with Gasteiger partial charge in [-0.1, -0.05) is 64.5 Å². The topological polar surface area (TPSA) is 70.5 Å². The van der Waals surface area contributed by atoms with Gasteiger partial charge >= 0.3 is 0 Å². The highest BCUT2D eigenvalue weighted by Crippen LogP contribution is 2.43. The van der Waals surface area contributed by atoms with Gasteiger partial charge in [-0.3, -0.25) is 19.5 Å². The molecule has 0 bridgehead atoms. The van der Waals surface area contributed by atoms with Gasteiger partial charge < -0.3 is 5.11 Å². The van der Waals surface area contributed by atoms with Gasteiger partial charge in [-0.25, -0.2) is 0 Å². The molecule has 0 aliphatic carbocycles. The lowest BCUT2D eigenvalue weighted by atomic mass is 9.93. The molecule has 1 amide bonds. The molecule has 1 fully saturated rings. The van der Waals surface area contributed by atoms with E-state index in [-0.39, 0.29) is 11.3 Å². The quantitative estimate of drug-likeness (QED) is 0.232. The van der Waals surface area contributed by atoms with Crippen LogP contribution in [0.1, 0.15) is 17.2 Å². The van der Waals surface area contributed by atoms with E-state index in [0.717, 1.165) is 15.2 Å². The van der Waals surface area contributed by atoms with Crippen LogP contribution in [0, 0.1) is 0 Å². The Labute approximate surface area is 192 Å². The molecule has 1 N–H and O–H groups in total. The normalized spacial score (nSPS) is 17.8. The van der Waals surface area contributed by atoms with Crippen molar-refractivity contribution in [3.05, 3.63) is 112 Å². The predicted octanol–water partition coefficient (Wildman–Crippen LogP) is 5.62. The van der Waals surface area contributed by atoms with Gasteiger partial charge in [0.05, 0.1) is 11.6 Å². The first-order valence-electron chi connectivity index (χ1n) is 10.0. The maximum absolute atomic E-state index is 13.3. The molecule has 5 nitrogen and oxygen atoms in total. The molecule has 1 aromatic heterocycles. The average molecular weight is 485 g/mol. The van der Waals surface area contributed by atoms with E-state index in [4.69, 9.17) is 0 Å². The number of fused-ring (bicyclic) bond motifs is 1. The monoisotopic (exact) mass is 484 g/mol. The second-order valence-electron chi connectivity index (χ2n) is 7.46. The minimum atomic E-state index is -0.786. The Kier molecular flexibility index (Phi) is 5.07. The minimum Gasteiger partial charge on any atom is -0.507 e. The van der Waals surface area contributed by atoms with Crippen molar-refractivity contribution in [1.29, 1.82) is 0 Å². The lowest BCUT2D eigenvalue weighted by Gasteiger charge is -2.25. The van der Waals surface area contributed by atoms with Crippen LogP contribution in [0.5, 0.6) is 0 Å². The molecule has 1 saturated heterocycles. The third-order valence-corrected chi connectivity index (χ3v) is 6.09. The zero-order valence-corrected chi connectivity index (χ0v) is 18.4. The fourth-order valence-electron chi connectivity index (χ4n) is 4.16. The molecule has 0 spiro atoms. The summed E-state index contributed by atoms with van der Waals surface area (Å²) in [4.78, 5) is 32.0. The van der Waals surface area contributed by atoms with Crippen LogP contribution in [-0.2, 0) is 9.59 Å². The van der Waals surface area contributed by atoms with Crippen LogP contribution in [-0.4, -0.2) is 21.8 Å². The summed E-state index contributed by atoms with van der Waals surface area (Å²) in [6.45, 7) is 0. The highest BCUT2D eigenvalue weighted by molar-refractivity contribution is 9.10. The number of halogens is 1. The Morgan fingerprint density at radius 2 is 1.62 bits per heavy atom. The Hall–Kier alpha value is -3.77. The number of ketones is 1. The maximum atomic E-state index is 13.3. The fraction of sp³-hybridized carbons (Fsp3) is 0.0385. The van der Waals surface area contributed by atoms with Crippen molar-refractivity contribution >= 4 is 49.8 Å². The first-order valence-corrected chi connectivity index (χ1v) is 10.8. The summed E-state index contributed by atoms with van der Waals surface area (Å²) in [5.41, 5.74) is 1.80. The smallest absolute Gasteiger partial charge is 0.300 e. The molecule has 3 aromatic carbocycles. The number of hydrogen-bond acceptors (Lipinski definition) is 4. The van der Waals surface area contributed by atoms with Crippen molar-refractivity contribution in [2.75, 3.05) is 4.90 Å². The van der Waals surface area contributed by atoms with Crippen molar-refractivity contribution in [3.63, 3.8) is 0 Å². The molecular weight excluding hydrogens is 468 g/mol. The number of hydrogen-bond donors (Lipinski definition) is 1. The molecule has 1 aliphatic heterocycles. The number of anilines is 1. The molecule has 6 heteroatoms. The first kappa shape index (κ1) is 20.2. The van der Waals surface area contributed by atoms with Crippen LogP contribution >= 0.6 is 15.9 Å². The van der Waals surface area contributed by atoms with Gasteiger partial charge in [0.2, 0.25) is 0 Å². The number of aliphatic hydroxyl groups is 1. The number of rotatable bonds is 3. The zero-order chi connectivity index (χ0) is 22.2. The largest absolute Gasteiger partial charge is 0.507 e. The molecule has 4 aromatic rings. The average Bonchev–Trinajstić information content (AvgIpc) is 3.09. The second-order valence-corrected chi connectivity index (χ2v) is 8.37. The lowest BCUT2D eigenvalue weighted by molar-refractivity contribution is -0.132. The summed E-state index contributed by atoms with van der Waals surface area (Å²) in [6, 6.07) is 23.0. The Morgan fingerprint density at radius 3 is 2.41 bits per heavy atom. The third-order valence-electron chi connectivity index (χ3n) is 5.60. The molecule has 1 atom stereocenters. The highest BCUT2D eigenvalue weighted by atomic mass is 79.9. The minimum absolute atomic E-state index is 0.0533. The third kappa shape index (κ3) is 3.29. The zero-order valence-electron chi connectivity index (χ0n) is 16.8. The van der Waals surface area contributed by atoms with Crippen molar-refractivity contribution in [1.82, 2.24) is 4.98 Å². The number of pyridine rings is 1. The van der Waals surface area contributed by atoms with Gasteiger partial charge in [-0.2, -0.15) is 0 Å². The summed E-state index contributed by atoms with van der Waals surface area (Å²) in [7, 11) is 0. The number of nitrogens with zero attached hydrogens (tertiary/aromatic N) is 2. The van der Waals surface area contributed by atoms with Gasteiger partial charge in [0.25, 0.3) is 11.7 Å². The van der Waals surface area contributed by atoms with E-state index in [9.17, 15) is 14.7 Å².